The molecule has 0 aliphatic heterocycles. The van der Waals surface area contributed by atoms with Crippen LogP contribution in [0.5, 0.6) is 0 Å². The average Bonchev–Trinajstić information content (AvgIpc) is 3.25. The minimum Gasteiger partial charge on any atom is -0.481 e. The number of nitrogens with two attached hydrogens (primary N) is 2. The van der Waals surface area contributed by atoms with Crippen molar-refractivity contribution in [2.45, 2.75) is 134 Å². The fraction of sp³-hybridized carbons (Fsp3) is 0.610. The first-order valence-electron chi connectivity index (χ1n) is 21.2. The Balaban J connectivity index is 3.09. The van der Waals surface area contributed by atoms with Gasteiger partial charge in [-0.25, -0.2) is 4.79 Å². The standard InChI is InChI=1S/C41H66N10O14S/c1-20(2)15-26(49-40(63)32(43)23(5)53)36(59)47-27(16-24-11-7-6-8-12-24)37(60)51-30(19-66)39(62)45-22(4)34(57)50-29(18-52)38(61)48-28(17-31(54)55)35(58)44-21(3)33(56)46-25(41(64)65)13-9-10-14-42/h6-8,11-12,20-23,25-30,32,52-53,66H,9-10,13-19,42-43H2,1-5H3,(H,44,58)(H,45,62)(H,46,56)(H,47,59)(H,48,61)(H,49,63)(H,50,57)(H,51,60)(H,54,55)(H,64,65)/t21-,22-,23+,25-,26-,27-,28-,29-,30-,32-/m0/s1. The van der Waals surface area contributed by atoms with Gasteiger partial charge in [0.25, 0.3) is 0 Å². The molecule has 1 aromatic carbocycles. The van der Waals surface area contributed by atoms with E-state index < -0.39 is 133 Å². The van der Waals surface area contributed by atoms with Gasteiger partial charge in [-0.3, -0.25) is 43.2 Å². The predicted molar refractivity (Wildman–Crippen MR) is 240 cm³/mol. The number of aliphatic carboxylic acids is 2. The third-order valence-corrected chi connectivity index (χ3v) is 10.2. The summed E-state index contributed by atoms with van der Waals surface area (Å²) < 4.78 is 0. The van der Waals surface area contributed by atoms with Gasteiger partial charge in [0.2, 0.25) is 47.3 Å². The fourth-order valence-corrected chi connectivity index (χ4v) is 6.20. The second kappa shape index (κ2) is 29.6. The van der Waals surface area contributed by atoms with Gasteiger partial charge in [-0.1, -0.05) is 44.2 Å². The molecule has 25 heteroatoms. The second-order valence-corrected chi connectivity index (χ2v) is 16.4. The maximum absolute atomic E-state index is 13.8. The number of hydrogen-bond donors (Lipinski definition) is 15. The molecule has 370 valence electrons. The molecule has 0 heterocycles. The molecule has 0 fully saturated rings. The van der Waals surface area contributed by atoms with Crippen molar-refractivity contribution in [2.24, 2.45) is 17.4 Å². The van der Waals surface area contributed by atoms with Gasteiger partial charge in [0.1, 0.15) is 54.4 Å². The number of carboxylic acids is 2. The lowest BCUT2D eigenvalue weighted by atomic mass is 10.0. The zero-order valence-electron chi connectivity index (χ0n) is 37.6. The summed E-state index contributed by atoms with van der Waals surface area (Å²) in [6.07, 6.45) is -1.24. The number of rotatable bonds is 30. The number of aliphatic hydroxyl groups is 2. The first kappa shape index (κ1) is 58.1. The van der Waals surface area contributed by atoms with Crippen molar-refractivity contribution in [1.82, 2.24) is 42.5 Å². The molecule has 1 rings (SSSR count). The number of carboxylic acid groups (broad SMARTS) is 2. The minimum absolute atomic E-state index is 0.0451. The third kappa shape index (κ3) is 21.0. The number of thiol groups is 1. The lowest BCUT2D eigenvalue weighted by Gasteiger charge is -2.27. The average molecular weight is 955 g/mol. The molecule has 0 saturated carbocycles. The summed E-state index contributed by atoms with van der Waals surface area (Å²) in [7, 11) is 0. The Kier molecular flexibility index (Phi) is 26.1. The van der Waals surface area contributed by atoms with Crippen LogP contribution < -0.4 is 54.0 Å². The highest BCUT2D eigenvalue weighted by Crippen LogP contribution is 2.10. The van der Waals surface area contributed by atoms with Crippen LogP contribution in [0, 0.1) is 5.92 Å². The highest BCUT2D eigenvalue weighted by molar-refractivity contribution is 7.80. The molecular weight excluding hydrogens is 889 g/mol. The smallest absolute Gasteiger partial charge is 0.326 e. The largest absolute Gasteiger partial charge is 0.481 e. The van der Waals surface area contributed by atoms with E-state index in [1.54, 1.807) is 44.2 Å². The fourth-order valence-electron chi connectivity index (χ4n) is 5.94. The SMILES string of the molecule is CC(C)C[C@H](NC(=O)[C@@H](N)[C@@H](C)O)C(=O)N[C@@H](Cc1ccccc1)C(=O)N[C@@H](CS)C(=O)N[C@@H](C)C(=O)N[C@@H](CO)C(=O)N[C@@H](CC(=O)O)C(=O)N[C@@H](C)C(=O)N[C@@H](CCCCN)C(=O)O. The Morgan fingerprint density at radius 2 is 1.05 bits per heavy atom. The van der Waals surface area contributed by atoms with Gasteiger partial charge in [-0.2, -0.15) is 12.6 Å². The van der Waals surface area contributed by atoms with Crippen LogP contribution in [0.15, 0.2) is 30.3 Å². The Hall–Kier alpha value is -5.89. The van der Waals surface area contributed by atoms with Crippen LogP contribution in [0.1, 0.15) is 72.3 Å². The molecule has 0 saturated heterocycles. The van der Waals surface area contributed by atoms with Crippen LogP contribution in [-0.4, -0.2) is 159 Å². The number of benzene rings is 1. The summed E-state index contributed by atoms with van der Waals surface area (Å²) in [5, 5.41) is 57.3. The van der Waals surface area contributed by atoms with E-state index in [2.05, 4.69) is 55.2 Å². The lowest BCUT2D eigenvalue weighted by Crippen LogP contribution is -2.61. The first-order valence-corrected chi connectivity index (χ1v) is 21.9. The Morgan fingerprint density at radius 3 is 1.53 bits per heavy atom. The molecule has 1 aromatic rings. The van der Waals surface area contributed by atoms with Gasteiger partial charge in [0.05, 0.1) is 19.1 Å². The van der Waals surface area contributed by atoms with Gasteiger partial charge in [0.15, 0.2) is 0 Å². The number of unbranched alkanes of at least 4 members (excludes halogenated alkanes) is 1. The van der Waals surface area contributed by atoms with Crippen LogP contribution in [0.2, 0.25) is 0 Å². The molecule has 16 N–H and O–H groups in total. The molecule has 24 nitrogen and oxygen atoms in total. The van der Waals surface area contributed by atoms with Crippen molar-refractivity contribution in [1.29, 1.82) is 0 Å². The normalized spacial score (nSPS) is 15.6. The van der Waals surface area contributed by atoms with E-state index in [0.29, 0.717) is 24.9 Å². The van der Waals surface area contributed by atoms with Crippen LogP contribution in [0.3, 0.4) is 0 Å². The van der Waals surface area contributed by atoms with Crippen molar-refractivity contribution < 1.29 is 68.4 Å². The van der Waals surface area contributed by atoms with Gasteiger partial charge in [-0.05, 0) is 64.5 Å². The summed E-state index contributed by atoms with van der Waals surface area (Å²) in [6, 6.07) is -4.51. The van der Waals surface area contributed by atoms with Gasteiger partial charge in [0, 0.05) is 12.2 Å². The van der Waals surface area contributed by atoms with E-state index >= 15 is 0 Å². The quantitative estimate of drug-likeness (QED) is 0.0255. The molecule has 0 bridgehead atoms. The first-order chi connectivity index (χ1) is 30.9. The van der Waals surface area contributed by atoms with Gasteiger partial charge < -0.3 is 74.4 Å². The van der Waals surface area contributed by atoms with Gasteiger partial charge in [-0.15, -0.1) is 0 Å². The number of aliphatic hydroxyl groups excluding tert-OH is 2. The molecule has 8 amide bonds. The van der Waals surface area contributed by atoms with Crippen molar-refractivity contribution in [3.05, 3.63) is 35.9 Å². The maximum Gasteiger partial charge on any atom is 0.326 e. The van der Waals surface area contributed by atoms with E-state index in [1.165, 1.54) is 20.8 Å². The predicted octanol–water partition coefficient (Wildman–Crippen LogP) is -4.49. The van der Waals surface area contributed by atoms with Crippen LogP contribution in [-0.2, 0) is 54.4 Å². The van der Waals surface area contributed by atoms with Crippen molar-refractivity contribution in [2.75, 3.05) is 18.9 Å². The van der Waals surface area contributed by atoms with Crippen molar-refractivity contribution in [3.8, 4) is 0 Å². The lowest BCUT2D eigenvalue weighted by molar-refractivity contribution is -0.143. The molecule has 0 radical (unpaired) electrons. The van der Waals surface area contributed by atoms with Crippen LogP contribution in [0.25, 0.3) is 0 Å². The molecule has 0 aliphatic carbocycles. The zero-order valence-corrected chi connectivity index (χ0v) is 38.5. The molecule has 66 heavy (non-hydrogen) atoms. The van der Waals surface area contributed by atoms with Crippen molar-refractivity contribution >= 4 is 71.8 Å². The summed E-state index contributed by atoms with van der Waals surface area (Å²) >= 11 is 4.17. The highest BCUT2D eigenvalue weighted by Gasteiger charge is 2.34. The number of amides is 8. The molecular formula is C41H66N10O14S. The molecule has 10 atom stereocenters. The van der Waals surface area contributed by atoms with E-state index in [0.717, 1.165) is 0 Å². The summed E-state index contributed by atoms with van der Waals surface area (Å²) in [6.45, 7) is 6.52. The minimum atomic E-state index is -1.85. The van der Waals surface area contributed by atoms with E-state index in [-0.39, 0.29) is 30.9 Å². The van der Waals surface area contributed by atoms with E-state index in [9.17, 15) is 68.4 Å². The number of carbonyl (C=O) groups excluding carboxylic acids is 8. The van der Waals surface area contributed by atoms with E-state index in [1.807, 2.05) is 0 Å². The zero-order chi connectivity index (χ0) is 50.3. The number of carbonyl (C=O) groups is 10. The Morgan fingerprint density at radius 1 is 0.591 bits per heavy atom. The van der Waals surface area contributed by atoms with Gasteiger partial charge >= 0.3 is 11.9 Å². The Labute approximate surface area is 387 Å². The number of hydrogen-bond acceptors (Lipinski definition) is 15. The van der Waals surface area contributed by atoms with Crippen LogP contribution in [0.4, 0.5) is 0 Å². The maximum atomic E-state index is 13.8. The summed E-state index contributed by atoms with van der Waals surface area (Å²) in [4.78, 5) is 129. The number of nitrogens with one attached hydrogen (secondary N) is 8. The highest BCUT2D eigenvalue weighted by atomic mass is 32.1. The molecule has 0 aliphatic rings. The summed E-state index contributed by atoms with van der Waals surface area (Å²) in [5.41, 5.74) is 11.8. The van der Waals surface area contributed by atoms with Crippen molar-refractivity contribution in [3.63, 3.8) is 0 Å². The topological polar surface area (TPSA) is 400 Å². The molecule has 0 aromatic heterocycles. The monoisotopic (exact) mass is 954 g/mol. The van der Waals surface area contributed by atoms with Crippen LogP contribution >= 0.6 is 12.6 Å². The molecule has 0 unspecified atom stereocenters. The third-order valence-electron chi connectivity index (χ3n) is 9.79. The van der Waals surface area contributed by atoms with E-state index in [4.69, 9.17) is 11.5 Å². The second-order valence-electron chi connectivity index (χ2n) is 16.0. The Bertz CT molecular complexity index is 1820. The summed E-state index contributed by atoms with van der Waals surface area (Å²) in [5.74, 6) is -11.0. The molecule has 0 spiro atoms.